The van der Waals surface area contributed by atoms with E-state index in [-0.39, 0.29) is 17.8 Å². The third-order valence-corrected chi connectivity index (χ3v) is 4.51. The van der Waals surface area contributed by atoms with Crippen molar-refractivity contribution in [3.63, 3.8) is 0 Å². The van der Waals surface area contributed by atoms with Crippen molar-refractivity contribution in [2.24, 2.45) is 0 Å². The number of anilines is 2. The second kappa shape index (κ2) is 6.96. The van der Waals surface area contributed by atoms with Crippen LogP contribution < -0.4 is 9.62 Å². The highest BCUT2D eigenvalue weighted by Gasteiger charge is 2.18. The topological polar surface area (TPSA) is 66.5 Å². The highest BCUT2D eigenvalue weighted by molar-refractivity contribution is 7.92. The van der Waals surface area contributed by atoms with Gasteiger partial charge in [0.05, 0.1) is 24.1 Å². The molecule has 0 aromatic heterocycles. The van der Waals surface area contributed by atoms with E-state index in [1.54, 1.807) is 6.07 Å². The molecule has 0 atom stereocenters. The normalized spacial score (nSPS) is 11.2. The molecule has 0 bridgehead atoms. The maximum atomic E-state index is 13.5. The first-order valence-electron chi connectivity index (χ1n) is 6.94. The third-order valence-electron chi connectivity index (χ3n) is 3.32. The van der Waals surface area contributed by atoms with Crippen molar-refractivity contribution >= 4 is 27.3 Å². The van der Waals surface area contributed by atoms with Gasteiger partial charge in [0.2, 0.25) is 15.9 Å². The van der Waals surface area contributed by atoms with Crippen LogP contribution in [0.2, 0.25) is 0 Å². The lowest BCUT2D eigenvalue weighted by atomic mass is 10.1. The number of rotatable bonds is 5. The molecule has 0 radical (unpaired) electrons. The molecule has 0 saturated carbocycles. The van der Waals surface area contributed by atoms with Crippen molar-refractivity contribution < 1.29 is 22.0 Å². The van der Waals surface area contributed by atoms with Crippen LogP contribution in [0.1, 0.15) is 5.56 Å². The smallest absolute Gasteiger partial charge is 0.232 e. The summed E-state index contributed by atoms with van der Waals surface area (Å²) in [6.07, 6.45) is 0.866. The maximum Gasteiger partial charge on any atom is 0.232 e. The summed E-state index contributed by atoms with van der Waals surface area (Å²) in [5.74, 6) is -1.61. The first-order chi connectivity index (χ1) is 11.2. The molecular weight excluding hydrogens is 338 g/mol. The molecule has 2 aromatic carbocycles. The predicted molar refractivity (Wildman–Crippen MR) is 88.4 cm³/mol. The predicted octanol–water partition coefficient (Wildman–Crippen LogP) is 2.54. The summed E-state index contributed by atoms with van der Waals surface area (Å²) in [6.45, 7) is 0. The van der Waals surface area contributed by atoms with Crippen molar-refractivity contribution in [2.75, 3.05) is 22.9 Å². The van der Waals surface area contributed by atoms with E-state index < -0.39 is 27.6 Å². The Balaban J connectivity index is 2.25. The third kappa shape index (κ3) is 4.51. The fourth-order valence-corrected chi connectivity index (χ4v) is 2.60. The summed E-state index contributed by atoms with van der Waals surface area (Å²) >= 11 is 0. The molecule has 0 aliphatic heterocycles. The van der Waals surface area contributed by atoms with Gasteiger partial charge in [0.15, 0.2) is 0 Å². The first kappa shape index (κ1) is 17.9. The van der Waals surface area contributed by atoms with Gasteiger partial charge in [0.25, 0.3) is 0 Å². The SMILES string of the molecule is CN(c1ccc(F)cc1NC(=O)Cc1cccc(F)c1)S(C)(=O)=O. The van der Waals surface area contributed by atoms with Gasteiger partial charge < -0.3 is 5.32 Å². The average molecular weight is 354 g/mol. The number of halogens is 2. The van der Waals surface area contributed by atoms with Gasteiger partial charge in [-0.1, -0.05) is 12.1 Å². The zero-order chi connectivity index (χ0) is 17.9. The van der Waals surface area contributed by atoms with Crippen LogP contribution in [-0.2, 0) is 21.2 Å². The number of nitrogens with one attached hydrogen (secondary N) is 1. The van der Waals surface area contributed by atoms with E-state index in [0.29, 0.717) is 5.56 Å². The molecule has 0 saturated heterocycles. The van der Waals surface area contributed by atoms with Crippen molar-refractivity contribution in [1.29, 1.82) is 0 Å². The fraction of sp³-hybridized carbons (Fsp3) is 0.188. The molecule has 1 N–H and O–H groups in total. The lowest BCUT2D eigenvalue weighted by Gasteiger charge is -2.20. The Kier molecular flexibility index (Phi) is 5.18. The second-order valence-corrected chi connectivity index (χ2v) is 7.26. The van der Waals surface area contributed by atoms with Gasteiger partial charge in [-0.15, -0.1) is 0 Å². The molecule has 8 heteroatoms. The largest absolute Gasteiger partial charge is 0.324 e. The number of hydrogen-bond acceptors (Lipinski definition) is 3. The minimum absolute atomic E-state index is 0.0179. The highest BCUT2D eigenvalue weighted by atomic mass is 32.2. The number of amides is 1. The monoisotopic (exact) mass is 354 g/mol. The molecule has 24 heavy (non-hydrogen) atoms. The molecule has 128 valence electrons. The Morgan fingerprint density at radius 3 is 2.42 bits per heavy atom. The molecule has 0 spiro atoms. The van der Waals surface area contributed by atoms with Crippen LogP contribution in [0.25, 0.3) is 0 Å². The van der Waals surface area contributed by atoms with Crippen molar-refractivity contribution in [1.82, 2.24) is 0 Å². The molecular formula is C16H16F2N2O3S. The summed E-state index contributed by atoms with van der Waals surface area (Å²) in [7, 11) is -2.29. The number of benzene rings is 2. The Hall–Kier alpha value is -2.48. The molecule has 2 aromatic rings. The van der Waals surface area contributed by atoms with Crippen molar-refractivity contribution in [2.45, 2.75) is 6.42 Å². The van der Waals surface area contributed by atoms with Crippen LogP contribution >= 0.6 is 0 Å². The number of carbonyl (C=O) groups is 1. The van der Waals surface area contributed by atoms with Crippen molar-refractivity contribution in [3.05, 3.63) is 59.7 Å². The molecule has 5 nitrogen and oxygen atoms in total. The standard InChI is InChI=1S/C16H16F2N2O3S/c1-20(24(2,22)23)15-7-6-13(18)10-14(15)19-16(21)9-11-4-3-5-12(17)8-11/h3-8,10H,9H2,1-2H3,(H,19,21). The van der Waals surface area contributed by atoms with E-state index in [1.807, 2.05) is 0 Å². The van der Waals surface area contributed by atoms with E-state index in [2.05, 4.69) is 5.32 Å². The summed E-state index contributed by atoms with van der Waals surface area (Å²) in [4.78, 5) is 12.1. The molecule has 0 aliphatic rings. The van der Waals surface area contributed by atoms with E-state index in [1.165, 1.54) is 31.3 Å². The van der Waals surface area contributed by atoms with Crippen LogP contribution in [0.4, 0.5) is 20.2 Å². The van der Waals surface area contributed by atoms with Gasteiger partial charge in [-0.3, -0.25) is 9.10 Å². The van der Waals surface area contributed by atoms with Gasteiger partial charge in [0.1, 0.15) is 11.6 Å². The molecule has 0 unspecified atom stereocenters. The van der Waals surface area contributed by atoms with E-state index in [9.17, 15) is 22.0 Å². The van der Waals surface area contributed by atoms with Crippen LogP contribution in [0, 0.1) is 11.6 Å². The number of sulfonamides is 1. The van der Waals surface area contributed by atoms with E-state index in [0.717, 1.165) is 22.7 Å². The molecule has 0 fully saturated rings. The quantitative estimate of drug-likeness (QED) is 0.897. The number of carbonyl (C=O) groups excluding carboxylic acids is 1. The zero-order valence-corrected chi connectivity index (χ0v) is 13.9. The fourth-order valence-electron chi connectivity index (χ4n) is 2.09. The second-order valence-electron chi connectivity index (χ2n) is 5.25. The molecule has 1 amide bonds. The maximum absolute atomic E-state index is 13.5. The summed E-state index contributed by atoms with van der Waals surface area (Å²) < 4.78 is 50.9. The first-order valence-corrected chi connectivity index (χ1v) is 8.79. The molecule has 0 aliphatic carbocycles. The van der Waals surface area contributed by atoms with Crippen LogP contribution in [0.15, 0.2) is 42.5 Å². The highest BCUT2D eigenvalue weighted by Crippen LogP contribution is 2.27. The van der Waals surface area contributed by atoms with Crippen molar-refractivity contribution in [3.8, 4) is 0 Å². The summed E-state index contributed by atoms with van der Waals surface area (Å²) in [5.41, 5.74) is 0.595. The summed E-state index contributed by atoms with van der Waals surface area (Å²) in [5, 5.41) is 2.46. The van der Waals surface area contributed by atoms with Gasteiger partial charge in [0, 0.05) is 7.05 Å². The minimum Gasteiger partial charge on any atom is -0.324 e. The van der Waals surface area contributed by atoms with Gasteiger partial charge in [-0.05, 0) is 35.9 Å². The Bertz CT molecular complexity index is 869. The lowest BCUT2D eigenvalue weighted by molar-refractivity contribution is -0.115. The number of nitrogens with zero attached hydrogens (tertiary/aromatic N) is 1. The zero-order valence-electron chi connectivity index (χ0n) is 13.1. The Labute approximate surface area is 139 Å². The van der Waals surface area contributed by atoms with E-state index in [4.69, 9.17) is 0 Å². The van der Waals surface area contributed by atoms with Gasteiger partial charge in [-0.25, -0.2) is 17.2 Å². The van der Waals surface area contributed by atoms with Crippen LogP contribution in [0.3, 0.4) is 0 Å². The van der Waals surface area contributed by atoms with Crippen LogP contribution in [-0.4, -0.2) is 27.6 Å². The van der Waals surface area contributed by atoms with E-state index >= 15 is 0 Å². The van der Waals surface area contributed by atoms with Gasteiger partial charge in [-0.2, -0.15) is 0 Å². The summed E-state index contributed by atoms with van der Waals surface area (Å²) in [6, 6.07) is 8.91. The molecule has 2 rings (SSSR count). The lowest BCUT2D eigenvalue weighted by Crippen LogP contribution is -2.26. The number of hydrogen-bond donors (Lipinski definition) is 1. The Morgan fingerprint density at radius 1 is 1.12 bits per heavy atom. The van der Waals surface area contributed by atoms with Gasteiger partial charge >= 0.3 is 0 Å². The van der Waals surface area contributed by atoms with Crippen LogP contribution in [0.5, 0.6) is 0 Å². The molecule has 0 heterocycles. The average Bonchev–Trinajstić information content (AvgIpc) is 2.45. The minimum atomic E-state index is -3.58. The Morgan fingerprint density at radius 2 is 1.79 bits per heavy atom.